The third-order valence-electron chi connectivity index (χ3n) is 6.04. The molecule has 35 heavy (non-hydrogen) atoms. The molecule has 3 N–H and O–H groups in total. The lowest BCUT2D eigenvalue weighted by Crippen LogP contribution is -2.23. The number of amides is 1. The minimum atomic E-state index is -3.48. The predicted octanol–water partition coefficient (Wildman–Crippen LogP) is 3.11. The molecule has 180 valence electrons. The lowest BCUT2D eigenvalue weighted by molar-refractivity contribution is 0.100. The Kier molecular flexibility index (Phi) is 5.06. The molecule has 5 rings (SSSR count). The molecular formula is C24H20F2N4O4S. The number of anilines is 2. The van der Waals surface area contributed by atoms with Gasteiger partial charge in [-0.3, -0.25) is 9.59 Å². The number of hydrogen-bond acceptors (Lipinski definition) is 5. The van der Waals surface area contributed by atoms with Gasteiger partial charge in [-0.05, 0) is 35.4 Å². The highest BCUT2D eigenvalue weighted by Crippen LogP contribution is 2.46. The van der Waals surface area contributed by atoms with E-state index in [0.717, 1.165) is 18.4 Å². The second kappa shape index (κ2) is 7.77. The van der Waals surface area contributed by atoms with Gasteiger partial charge < -0.3 is 20.2 Å². The van der Waals surface area contributed by atoms with Crippen LogP contribution >= 0.6 is 0 Å². The van der Waals surface area contributed by atoms with Gasteiger partial charge in [-0.1, -0.05) is 0 Å². The topological polar surface area (TPSA) is 118 Å². The van der Waals surface area contributed by atoms with E-state index in [0.29, 0.717) is 33.2 Å². The Labute approximate surface area is 198 Å². The summed E-state index contributed by atoms with van der Waals surface area (Å²) >= 11 is 0. The molecule has 8 nitrogen and oxygen atoms in total. The number of carbonyl (C=O) groups is 1. The number of aromatic amines is 1. The number of nitrogens with one attached hydrogen (secondary N) is 1. The zero-order valence-corrected chi connectivity index (χ0v) is 19.5. The molecule has 1 aliphatic rings. The molecule has 0 aliphatic carbocycles. The number of halogens is 2. The van der Waals surface area contributed by atoms with Crippen LogP contribution in [-0.4, -0.2) is 30.1 Å². The molecule has 0 bridgehead atoms. The summed E-state index contributed by atoms with van der Waals surface area (Å²) in [5, 5.41) is 0.561. The van der Waals surface area contributed by atoms with Crippen molar-refractivity contribution in [3.63, 3.8) is 0 Å². The number of benzene rings is 2. The van der Waals surface area contributed by atoms with Crippen LogP contribution in [0.4, 0.5) is 20.2 Å². The largest absolute Gasteiger partial charge is 0.366 e. The van der Waals surface area contributed by atoms with Gasteiger partial charge in [0.2, 0.25) is 0 Å². The zero-order valence-electron chi connectivity index (χ0n) is 18.7. The van der Waals surface area contributed by atoms with Gasteiger partial charge in [0.25, 0.3) is 11.5 Å². The Morgan fingerprint density at radius 2 is 1.91 bits per heavy atom. The third-order valence-corrected chi connectivity index (χ3v) is 6.90. The van der Waals surface area contributed by atoms with E-state index in [1.165, 1.54) is 21.6 Å². The highest BCUT2D eigenvalue weighted by atomic mass is 32.2. The number of pyridine rings is 1. The van der Waals surface area contributed by atoms with Crippen molar-refractivity contribution in [3.05, 3.63) is 81.4 Å². The van der Waals surface area contributed by atoms with Crippen molar-refractivity contribution >= 4 is 38.0 Å². The molecular weight excluding hydrogens is 478 g/mol. The molecule has 1 amide bonds. The molecule has 2 aromatic carbocycles. The minimum Gasteiger partial charge on any atom is -0.366 e. The van der Waals surface area contributed by atoms with Crippen molar-refractivity contribution in [2.24, 2.45) is 12.8 Å². The Bertz CT molecular complexity index is 1720. The molecule has 2 aromatic heterocycles. The number of hydrogen-bond donors (Lipinski definition) is 2. The first kappa shape index (κ1) is 22.8. The number of aromatic nitrogens is 2. The Morgan fingerprint density at radius 1 is 1.17 bits per heavy atom. The molecule has 3 heterocycles. The molecule has 1 aliphatic heterocycles. The molecule has 0 fully saturated rings. The van der Waals surface area contributed by atoms with Crippen LogP contribution in [0.2, 0.25) is 0 Å². The number of nitrogens with zero attached hydrogens (tertiary/aromatic N) is 2. The molecule has 0 unspecified atom stereocenters. The third kappa shape index (κ3) is 3.77. The van der Waals surface area contributed by atoms with Crippen LogP contribution in [0.5, 0.6) is 0 Å². The molecule has 0 atom stereocenters. The average molecular weight is 499 g/mol. The van der Waals surface area contributed by atoms with Gasteiger partial charge in [-0.25, -0.2) is 17.2 Å². The molecule has 0 radical (unpaired) electrons. The first-order valence-electron chi connectivity index (χ1n) is 10.5. The SMILES string of the molecule is Cn1cc2c3c(c[nH]c3c1=O)CN(c1ccc(F)cc1F)c1c(C(N)=O)cc(CS(C)(=O)=O)cc1-2. The van der Waals surface area contributed by atoms with Gasteiger partial charge in [-0.15, -0.1) is 0 Å². The van der Waals surface area contributed by atoms with E-state index in [4.69, 9.17) is 5.73 Å². The van der Waals surface area contributed by atoms with Crippen LogP contribution in [0, 0.1) is 11.6 Å². The van der Waals surface area contributed by atoms with Crippen molar-refractivity contribution in [2.45, 2.75) is 12.3 Å². The van der Waals surface area contributed by atoms with E-state index in [1.807, 2.05) is 0 Å². The van der Waals surface area contributed by atoms with Gasteiger partial charge >= 0.3 is 0 Å². The predicted molar refractivity (Wildman–Crippen MR) is 128 cm³/mol. The molecule has 4 aromatic rings. The smallest absolute Gasteiger partial charge is 0.274 e. The summed E-state index contributed by atoms with van der Waals surface area (Å²) in [4.78, 5) is 29.9. The minimum absolute atomic E-state index is 0.0140. The highest BCUT2D eigenvalue weighted by Gasteiger charge is 2.31. The maximum atomic E-state index is 15.0. The standard InChI is InChI=1S/C24H20F2N4O4S/c1-29-10-17-15-5-12(11-35(2,33)34)6-16(23(27)31)22(15)30(19-4-3-14(25)7-18(19)26)9-13-8-28-21(20(13)17)24(29)32/h3-8,10,28H,9,11H2,1-2H3,(H2,27,31). The number of H-pyrrole nitrogens is 1. The first-order chi connectivity index (χ1) is 16.4. The molecule has 0 spiro atoms. The van der Waals surface area contributed by atoms with Crippen molar-refractivity contribution < 1.29 is 22.0 Å². The van der Waals surface area contributed by atoms with Crippen molar-refractivity contribution in [1.29, 1.82) is 0 Å². The normalized spacial score (nSPS) is 13.1. The van der Waals surface area contributed by atoms with Gasteiger partial charge in [0, 0.05) is 48.3 Å². The van der Waals surface area contributed by atoms with E-state index in [2.05, 4.69) is 4.98 Å². The van der Waals surface area contributed by atoms with Crippen LogP contribution in [0.1, 0.15) is 21.5 Å². The number of sulfone groups is 1. The van der Waals surface area contributed by atoms with Gasteiger partial charge in [-0.2, -0.15) is 0 Å². The van der Waals surface area contributed by atoms with E-state index in [9.17, 15) is 22.4 Å². The summed E-state index contributed by atoms with van der Waals surface area (Å²) < 4.78 is 54.2. The summed E-state index contributed by atoms with van der Waals surface area (Å²) in [5.41, 5.74) is 7.80. The van der Waals surface area contributed by atoms with Crippen molar-refractivity contribution in [1.82, 2.24) is 9.55 Å². The maximum absolute atomic E-state index is 15.0. The summed E-state index contributed by atoms with van der Waals surface area (Å²) in [6.45, 7) is 0.0292. The van der Waals surface area contributed by atoms with E-state index in [-0.39, 0.29) is 34.8 Å². The van der Waals surface area contributed by atoms with Gasteiger partial charge in [0.1, 0.15) is 17.2 Å². The highest BCUT2D eigenvalue weighted by molar-refractivity contribution is 7.89. The Hall–Kier alpha value is -3.99. The zero-order chi connectivity index (χ0) is 25.2. The lowest BCUT2D eigenvalue weighted by Gasteiger charge is -2.28. The quantitative estimate of drug-likeness (QED) is 0.448. The van der Waals surface area contributed by atoms with Crippen LogP contribution < -0.4 is 16.2 Å². The monoisotopic (exact) mass is 498 g/mol. The van der Waals surface area contributed by atoms with Gasteiger partial charge in [0.15, 0.2) is 9.84 Å². The summed E-state index contributed by atoms with van der Waals surface area (Å²) in [6.07, 6.45) is 4.27. The Morgan fingerprint density at radius 3 is 2.57 bits per heavy atom. The number of fused-ring (bicyclic) bond motifs is 2. The summed E-state index contributed by atoms with van der Waals surface area (Å²) in [7, 11) is -1.91. The van der Waals surface area contributed by atoms with Crippen molar-refractivity contribution in [3.8, 4) is 11.1 Å². The second-order valence-corrected chi connectivity index (χ2v) is 10.8. The fourth-order valence-corrected chi connectivity index (χ4v) is 5.45. The number of rotatable bonds is 4. The van der Waals surface area contributed by atoms with Crippen LogP contribution in [0.15, 0.2) is 47.5 Å². The summed E-state index contributed by atoms with van der Waals surface area (Å²) in [5.74, 6) is -2.84. The second-order valence-electron chi connectivity index (χ2n) is 8.68. The number of aryl methyl sites for hydroxylation is 1. The summed E-state index contributed by atoms with van der Waals surface area (Å²) in [6, 6.07) is 6.05. The molecule has 0 saturated heterocycles. The maximum Gasteiger partial charge on any atom is 0.274 e. The van der Waals surface area contributed by atoms with Crippen LogP contribution in [0.25, 0.3) is 22.0 Å². The van der Waals surface area contributed by atoms with E-state index >= 15 is 4.39 Å². The number of carbonyl (C=O) groups excluding carboxylic acids is 1. The van der Waals surface area contributed by atoms with E-state index in [1.54, 1.807) is 25.5 Å². The fraction of sp³-hybridized carbons (Fsp3) is 0.167. The Balaban J connectivity index is 1.94. The van der Waals surface area contributed by atoms with Crippen LogP contribution in [0.3, 0.4) is 0 Å². The average Bonchev–Trinajstić information content (AvgIpc) is 3.12. The van der Waals surface area contributed by atoms with Crippen molar-refractivity contribution in [2.75, 3.05) is 11.2 Å². The van der Waals surface area contributed by atoms with Crippen LogP contribution in [-0.2, 0) is 29.2 Å². The van der Waals surface area contributed by atoms with E-state index < -0.39 is 27.4 Å². The number of primary amides is 1. The molecule has 11 heteroatoms. The first-order valence-corrected chi connectivity index (χ1v) is 12.6. The lowest BCUT2D eigenvalue weighted by atomic mass is 9.95. The molecule has 0 saturated carbocycles. The number of nitrogens with two attached hydrogens (primary N) is 1. The van der Waals surface area contributed by atoms with Gasteiger partial charge in [0.05, 0.1) is 29.2 Å². The fourth-order valence-electron chi connectivity index (χ4n) is 4.68.